The summed E-state index contributed by atoms with van der Waals surface area (Å²) in [5, 5.41) is 15.6. The number of hydrogen-bond donors (Lipinski definition) is 1. The lowest BCUT2D eigenvalue weighted by Crippen LogP contribution is -2.29. The molecule has 114 valence electrons. The van der Waals surface area contributed by atoms with Crippen molar-refractivity contribution in [3.8, 4) is 0 Å². The maximum atomic E-state index is 11.0. The molecule has 1 aromatic heterocycles. The molecule has 0 bridgehead atoms. The normalized spacial score (nSPS) is 15.6. The van der Waals surface area contributed by atoms with Crippen molar-refractivity contribution in [1.82, 2.24) is 9.78 Å². The van der Waals surface area contributed by atoms with Gasteiger partial charge in [0, 0.05) is 24.5 Å². The number of benzene rings is 1. The highest BCUT2D eigenvalue weighted by molar-refractivity contribution is 6.17. The Labute approximate surface area is 131 Å². The van der Waals surface area contributed by atoms with Gasteiger partial charge in [0.25, 0.3) is 0 Å². The third-order valence-electron chi connectivity index (χ3n) is 4.00. The highest BCUT2D eigenvalue weighted by atomic mass is 35.5. The molecule has 1 heterocycles. The van der Waals surface area contributed by atoms with Gasteiger partial charge in [-0.15, -0.1) is 11.6 Å². The van der Waals surface area contributed by atoms with E-state index in [0.29, 0.717) is 24.8 Å². The maximum absolute atomic E-state index is 11.0. The van der Waals surface area contributed by atoms with Crippen molar-refractivity contribution in [3.63, 3.8) is 0 Å². The van der Waals surface area contributed by atoms with Gasteiger partial charge in [-0.25, -0.2) is 0 Å². The molecular formula is C17H23ClN2O. The SMILES string of the molecule is CCC(C)n1ccc(CC(O)(CCCl)c2ccccc2)n1. The van der Waals surface area contributed by atoms with Crippen LogP contribution in [0.2, 0.25) is 0 Å². The monoisotopic (exact) mass is 306 g/mol. The van der Waals surface area contributed by atoms with Gasteiger partial charge < -0.3 is 5.11 Å². The van der Waals surface area contributed by atoms with Crippen molar-refractivity contribution < 1.29 is 5.11 Å². The Morgan fingerprint density at radius 3 is 2.62 bits per heavy atom. The fourth-order valence-electron chi connectivity index (χ4n) is 2.44. The molecule has 0 saturated heterocycles. The van der Waals surface area contributed by atoms with Crippen LogP contribution in [0, 0.1) is 0 Å². The van der Waals surface area contributed by atoms with E-state index in [1.165, 1.54) is 0 Å². The molecule has 3 nitrogen and oxygen atoms in total. The topological polar surface area (TPSA) is 38.0 Å². The maximum Gasteiger partial charge on any atom is 0.0963 e. The standard InChI is InChI=1S/C17H23ClN2O/c1-3-14(2)20-12-9-16(19-20)13-17(21,10-11-18)15-7-5-4-6-8-15/h4-9,12,14,21H,3,10-11,13H2,1-2H3. The molecule has 0 amide bonds. The number of halogens is 1. The lowest BCUT2D eigenvalue weighted by molar-refractivity contribution is 0.0325. The Bertz CT molecular complexity index is 555. The molecule has 0 aliphatic heterocycles. The number of aliphatic hydroxyl groups is 1. The van der Waals surface area contributed by atoms with Crippen LogP contribution in [-0.4, -0.2) is 20.8 Å². The van der Waals surface area contributed by atoms with E-state index in [9.17, 15) is 5.11 Å². The molecule has 1 aromatic carbocycles. The van der Waals surface area contributed by atoms with Crippen LogP contribution in [0.3, 0.4) is 0 Å². The summed E-state index contributed by atoms with van der Waals surface area (Å²) in [4.78, 5) is 0. The van der Waals surface area contributed by atoms with E-state index in [1.54, 1.807) is 0 Å². The Balaban J connectivity index is 2.22. The average molecular weight is 307 g/mol. The van der Waals surface area contributed by atoms with Crippen LogP contribution in [0.1, 0.15) is 44.0 Å². The van der Waals surface area contributed by atoms with Gasteiger partial charge in [0.05, 0.1) is 11.3 Å². The molecular weight excluding hydrogens is 284 g/mol. The lowest BCUT2D eigenvalue weighted by atomic mass is 9.87. The zero-order valence-electron chi connectivity index (χ0n) is 12.7. The van der Waals surface area contributed by atoms with Crippen LogP contribution in [0.15, 0.2) is 42.6 Å². The molecule has 2 aromatic rings. The second-order valence-electron chi connectivity index (χ2n) is 5.56. The van der Waals surface area contributed by atoms with Crippen LogP contribution >= 0.6 is 11.6 Å². The van der Waals surface area contributed by atoms with Crippen LogP contribution in [0.5, 0.6) is 0 Å². The van der Waals surface area contributed by atoms with Crippen LogP contribution in [0.4, 0.5) is 0 Å². The first kappa shape index (κ1) is 16.1. The average Bonchev–Trinajstić information content (AvgIpc) is 2.96. The Morgan fingerprint density at radius 2 is 2.00 bits per heavy atom. The Hall–Kier alpha value is -1.32. The minimum atomic E-state index is -0.961. The summed E-state index contributed by atoms with van der Waals surface area (Å²) in [6, 6.07) is 12.1. The zero-order chi connectivity index (χ0) is 15.3. The van der Waals surface area contributed by atoms with Crippen molar-refractivity contribution in [2.45, 2.75) is 44.8 Å². The summed E-state index contributed by atoms with van der Waals surface area (Å²) < 4.78 is 1.96. The summed E-state index contributed by atoms with van der Waals surface area (Å²) in [6.07, 6.45) is 4.00. The number of alkyl halides is 1. The quantitative estimate of drug-likeness (QED) is 0.788. The van der Waals surface area contributed by atoms with Crippen LogP contribution in [-0.2, 0) is 12.0 Å². The molecule has 2 atom stereocenters. The van der Waals surface area contributed by atoms with Crippen molar-refractivity contribution in [2.75, 3.05) is 5.88 Å². The third-order valence-corrected chi connectivity index (χ3v) is 4.19. The molecule has 2 rings (SSSR count). The number of aromatic nitrogens is 2. The van der Waals surface area contributed by atoms with Crippen molar-refractivity contribution >= 4 is 11.6 Å². The first-order valence-corrected chi connectivity index (χ1v) is 8.00. The third kappa shape index (κ3) is 3.86. The molecule has 1 N–H and O–H groups in total. The number of rotatable bonds is 7. The van der Waals surface area contributed by atoms with E-state index in [-0.39, 0.29) is 0 Å². The van der Waals surface area contributed by atoms with Crippen LogP contribution in [0.25, 0.3) is 0 Å². The van der Waals surface area contributed by atoms with Gasteiger partial charge >= 0.3 is 0 Å². The Kier molecular flexibility index (Phi) is 5.43. The highest BCUT2D eigenvalue weighted by Crippen LogP contribution is 2.29. The molecule has 0 radical (unpaired) electrons. The van der Waals surface area contributed by atoms with Gasteiger partial charge in [0.15, 0.2) is 0 Å². The van der Waals surface area contributed by atoms with Crippen LogP contribution < -0.4 is 0 Å². The van der Waals surface area contributed by atoms with Gasteiger partial charge in [-0.2, -0.15) is 5.10 Å². The largest absolute Gasteiger partial charge is 0.385 e. The van der Waals surface area contributed by atoms with E-state index in [0.717, 1.165) is 17.7 Å². The summed E-state index contributed by atoms with van der Waals surface area (Å²) in [5.74, 6) is 0.414. The van der Waals surface area contributed by atoms with E-state index in [2.05, 4.69) is 18.9 Å². The summed E-state index contributed by atoms with van der Waals surface area (Å²) >= 11 is 5.89. The molecule has 0 fully saturated rings. The summed E-state index contributed by atoms with van der Waals surface area (Å²) in [7, 11) is 0. The molecule has 0 saturated carbocycles. The Morgan fingerprint density at radius 1 is 1.29 bits per heavy atom. The van der Waals surface area contributed by atoms with E-state index in [4.69, 9.17) is 11.6 Å². The van der Waals surface area contributed by atoms with Gasteiger partial charge in [0.2, 0.25) is 0 Å². The fourth-order valence-corrected chi connectivity index (χ4v) is 2.76. The first-order valence-electron chi connectivity index (χ1n) is 7.47. The second-order valence-corrected chi connectivity index (χ2v) is 5.94. The number of hydrogen-bond acceptors (Lipinski definition) is 2. The highest BCUT2D eigenvalue weighted by Gasteiger charge is 2.29. The van der Waals surface area contributed by atoms with Gasteiger partial charge in [-0.3, -0.25) is 4.68 Å². The molecule has 0 aliphatic carbocycles. The van der Waals surface area contributed by atoms with E-state index < -0.39 is 5.60 Å². The van der Waals surface area contributed by atoms with E-state index >= 15 is 0 Å². The van der Waals surface area contributed by atoms with Crippen molar-refractivity contribution in [1.29, 1.82) is 0 Å². The minimum absolute atomic E-state index is 0.372. The molecule has 0 aliphatic rings. The fraction of sp³-hybridized carbons (Fsp3) is 0.471. The van der Waals surface area contributed by atoms with Crippen molar-refractivity contribution in [3.05, 3.63) is 53.9 Å². The molecule has 4 heteroatoms. The second kappa shape index (κ2) is 7.10. The summed E-state index contributed by atoms with van der Waals surface area (Å²) in [5.41, 5.74) is 0.827. The predicted octanol–water partition coefficient (Wildman–Crippen LogP) is 3.91. The van der Waals surface area contributed by atoms with Crippen molar-refractivity contribution in [2.24, 2.45) is 0 Å². The molecule has 0 spiro atoms. The van der Waals surface area contributed by atoms with Gasteiger partial charge in [-0.05, 0) is 31.4 Å². The smallest absolute Gasteiger partial charge is 0.0963 e. The predicted molar refractivity (Wildman–Crippen MR) is 86.6 cm³/mol. The minimum Gasteiger partial charge on any atom is -0.385 e. The first-order chi connectivity index (χ1) is 10.1. The summed E-state index contributed by atoms with van der Waals surface area (Å²) in [6.45, 7) is 4.28. The van der Waals surface area contributed by atoms with Gasteiger partial charge in [0.1, 0.15) is 0 Å². The number of nitrogens with zero attached hydrogens (tertiary/aromatic N) is 2. The zero-order valence-corrected chi connectivity index (χ0v) is 13.4. The molecule has 2 unspecified atom stereocenters. The lowest BCUT2D eigenvalue weighted by Gasteiger charge is -2.27. The van der Waals surface area contributed by atoms with E-state index in [1.807, 2.05) is 47.3 Å². The van der Waals surface area contributed by atoms with Gasteiger partial charge in [-0.1, -0.05) is 37.3 Å². The molecule has 21 heavy (non-hydrogen) atoms.